The molecule has 20 heavy (non-hydrogen) atoms. The van der Waals surface area contributed by atoms with Gasteiger partial charge in [0.15, 0.2) is 0 Å². The van der Waals surface area contributed by atoms with Crippen molar-refractivity contribution in [3.63, 3.8) is 0 Å². The molecule has 0 aromatic heterocycles. The predicted octanol–water partition coefficient (Wildman–Crippen LogP) is 3.66. The lowest BCUT2D eigenvalue weighted by atomic mass is 10.1. The van der Waals surface area contributed by atoms with Gasteiger partial charge >= 0.3 is 0 Å². The molecule has 0 aliphatic rings. The van der Waals surface area contributed by atoms with Gasteiger partial charge in [-0.15, -0.1) is 0 Å². The number of hydrogen-bond donors (Lipinski definition) is 2. The van der Waals surface area contributed by atoms with E-state index < -0.39 is 11.7 Å². The summed E-state index contributed by atoms with van der Waals surface area (Å²) in [6.45, 7) is 1.86. The molecule has 0 saturated carbocycles. The molecule has 0 aliphatic carbocycles. The number of nitrogen functional groups attached to an aromatic ring is 1. The minimum Gasteiger partial charge on any atom is -0.398 e. The van der Waals surface area contributed by atoms with Crippen LogP contribution in [0.5, 0.6) is 0 Å². The highest BCUT2D eigenvalue weighted by Gasteiger charge is 2.14. The van der Waals surface area contributed by atoms with Gasteiger partial charge in [-0.2, -0.15) is 0 Å². The Labute approximate surface area is 125 Å². The highest BCUT2D eigenvalue weighted by atomic mass is 79.9. The average molecular weight is 337 g/mol. The zero-order valence-corrected chi connectivity index (χ0v) is 12.4. The molecule has 0 spiro atoms. The zero-order chi connectivity index (χ0) is 14.7. The van der Waals surface area contributed by atoms with Crippen molar-refractivity contribution in [2.45, 2.75) is 13.0 Å². The van der Waals surface area contributed by atoms with Gasteiger partial charge in [0.1, 0.15) is 5.82 Å². The third-order valence-electron chi connectivity index (χ3n) is 2.98. The van der Waals surface area contributed by atoms with Gasteiger partial charge in [-0.25, -0.2) is 4.39 Å². The number of nitrogens with one attached hydrogen (secondary N) is 1. The number of anilines is 1. The van der Waals surface area contributed by atoms with Crippen molar-refractivity contribution in [2.75, 3.05) is 5.73 Å². The summed E-state index contributed by atoms with van der Waals surface area (Å²) < 4.78 is 14.1. The predicted molar refractivity (Wildman–Crippen MR) is 80.8 cm³/mol. The maximum absolute atomic E-state index is 13.2. The van der Waals surface area contributed by atoms with Crippen LogP contribution >= 0.6 is 15.9 Å². The van der Waals surface area contributed by atoms with E-state index in [1.807, 2.05) is 31.2 Å². The van der Waals surface area contributed by atoms with Crippen LogP contribution in [0, 0.1) is 5.82 Å². The maximum atomic E-state index is 13.2. The molecule has 5 heteroatoms. The van der Waals surface area contributed by atoms with E-state index in [0.717, 1.165) is 16.1 Å². The monoisotopic (exact) mass is 336 g/mol. The molecule has 3 N–H and O–H groups in total. The second kappa shape index (κ2) is 6.05. The molecule has 0 heterocycles. The third kappa shape index (κ3) is 3.36. The van der Waals surface area contributed by atoms with Gasteiger partial charge in [0.2, 0.25) is 0 Å². The number of rotatable bonds is 3. The van der Waals surface area contributed by atoms with Crippen molar-refractivity contribution in [1.29, 1.82) is 0 Å². The molecule has 0 bridgehead atoms. The Kier molecular flexibility index (Phi) is 4.39. The fourth-order valence-electron chi connectivity index (χ4n) is 1.83. The number of nitrogens with two attached hydrogens (primary N) is 1. The lowest BCUT2D eigenvalue weighted by Crippen LogP contribution is -2.27. The Hall–Kier alpha value is -1.88. The lowest BCUT2D eigenvalue weighted by molar-refractivity contribution is 0.0940. The van der Waals surface area contributed by atoms with E-state index in [-0.39, 0.29) is 17.3 Å². The normalized spacial score (nSPS) is 11.9. The van der Waals surface area contributed by atoms with Crippen LogP contribution in [-0.4, -0.2) is 5.91 Å². The van der Waals surface area contributed by atoms with Gasteiger partial charge in [-0.1, -0.05) is 28.1 Å². The largest absolute Gasteiger partial charge is 0.398 e. The van der Waals surface area contributed by atoms with Crippen LogP contribution in [0.2, 0.25) is 0 Å². The van der Waals surface area contributed by atoms with Crippen molar-refractivity contribution in [2.24, 2.45) is 0 Å². The topological polar surface area (TPSA) is 55.1 Å². The number of benzene rings is 2. The zero-order valence-electron chi connectivity index (χ0n) is 10.9. The van der Waals surface area contributed by atoms with Crippen molar-refractivity contribution < 1.29 is 9.18 Å². The molecule has 1 atom stereocenters. The first-order valence-electron chi connectivity index (χ1n) is 6.08. The average Bonchev–Trinajstić information content (AvgIpc) is 2.42. The van der Waals surface area contributed by atoms with Crippen LogP contribution in [0.4, 0.5) is 10.1 Å². The van der Waals surface area contributed by atoms with Crippen LogP contribution in [0.25, 0.3) is 0 Å². The Bertz CT molecular complexity index is 628. The Morgan fingerprint density at radius 1 is 1.25 bits per heavy atom. The number of carbonyl (C=O) groups is 1. The highest BCUT2D eigenvalue weighted by Crippen LogP contribution is 2.18. The molecule has 1 amide bonds. The Balaban J connectivity index is 2.15. The maximum Gasteiger partial charge on any atom is 0.253 e. The molecule has 1 unspecified atom stereocenters. The fraction of sp³-hybridized carbons (Fsp3) is 0.133. The smallest absolute Gasteiger partial charge is 0.253 e. The van der Waals surface area contributed by atoms with Gasteiger partial charge < -0.3 is 11.1 Å². The summed E-state index contributed by atoms with van der Waals surface area (Å²) >= 11 is 3.35. The lowest BCUT2D eigenvalue weighted by Gasteiger charge is -2.15. The van der Waals surface area contributed by atoms with E-state index in [4.69, 9.17) is 5.73 Å². The van der Waals surface area contributed by atoms with Gasteiger partial charge in [0.25, 0.3) is 5.91 Å². The SMILES string of the molecule is CC(NC(=O)c1cc(F)ccc1N)c1ccc(Br)cc1. The first-order chi connectivity index (χ1) is 9.47. The van der Waals surface area contributed by atoms with Crippen LogP contribution in [-0.2, 0) is 0 Å². The van der Waals surface area contributed by atoms with Crippen molar-refractivity contribution in [3.8, 4) is 0 Å². The van der Waals surface area contributed by atoms with E-state index in [1.54, 1.807) is 0 Å². The molecule has 2 rings (SSSR count). The van der Waals surface area contributed by atoms with E-state index in [2.05, 4.69) is 21.2 Å². The van der Waals surface area contributed by atoms with Crippen molar-refractivity contribution in [1.82, 2.24) is 5.32 Å². The van der Waals surface area contributed by atoms with E-state index in [9.17, 15) is 9.18 Å². The second-order valence-corrected chi connectivity index (χ2v) is 5.39. The number of hydrogen-bond acceptors (Lipinski definition) is 2. The summed E-state index contributed by atoms with van der Waals surface area (Å²) in [5.74, 6) is -0.877. The summed E-state index contributed by atoms with van der Waals surface area (Å²) in [7, 11) is 0. The Morgan fingerprint density at radius 3 is 2.55 bits per heavy atom. The quantitative estimate of drug-likeness (QED) is 0.840. The van der Waals surface area contributed by atoms with E-state index >= 15 is 0 Å². The van der Waals surface area contributed by atoms with Crippen molar-refractivity contribution >= 4 is 27.5 Å². The molecule has 0 fully saturated rings. The molecule has 104 valence electrons. The highest BCUT2D eigenvalue weighted by molar-refractivity contribution is 9.10. The summed E-state index contributed by atoms with van der Waals surface area (Å²) in [6, 6.07) is 11.2. The van der Waals surface area contributed by atoms with Crippen LogP contribution in [0.3, 0.4) is 0 Å². The van der Waals surface area contributed by atoms with Gasteiger partial charge in [0.05, 0.1) is 11.6 Å². The summed E-state index contributed by atoms with van der Waals surface area (Å²) in [6.07, 6.45) is 0. The number of carbonyl (C=O) groups excluding carboxylic acids is 1. The molecule has 2 aromatic rings. The van der Waals surface area contributed by atoms with Crippen LogP contribution in [0.1, 0.15) is 28.9 Å². The third-order valence-corrected chi connectivity index (χ3v) is 3.51. The molecular weight excluding hydrogens is 323 g/mol. The first-order valence-corrected chi connectivity index (χ1v) is 6.88. The molecule has 2 aromatic carbocycles. The summed E-state index contributed by atoms with van der Waals surface area (Å²) in [4.78, 5) is 12.1. The van der Waals surface area contributed by atoms with Crippen LogP contribution < -0.4 is 11.1 Å². The minimum absolute atomic E-state index is 0.147. The van der Waals surface area contributed by atoms with Gasteiger partial charge in [0, 0.05) is 10.2 Å². The fourth-order valence-corrected chi connectivity index (χ4v) is 2.10. The van der Waals surface area contributed by atoms with Gasteiger partial charge in [-0.05, 0) is 42.8 Å². The van der Waals surface area contributed by atoms with Crippen molar-refractivity contribution in [3.05, 3.63) is 63.9 Å². The second-order valence-electron chi connectivity index (χ2n) is 4.48. The molecular formula is C15H14BrFN2O. The Morgan fingerprint density at radius 2 is 1.90 bits per heavy atom. The standard InChI is InChI=1S/C15H14BrFN2O/c1-9(10-2-4-11(16)5-3-10)19-15(20)13-8-12(17)6-7-14(13)18/h2-9H,18H2,1H3,(H,19,20). The minimum atomic E-state index is -0.486. The van der Waals surface area contributed by atoms with E-state index in [1.165, 1.54) is 12.1 Å². The van der Waals surface area contributed by atoms with E-state index in [0.29, 0.717) is 0 Å². The first kappa shape index (κ1) is 14.5. The number of halogens is 2. The molecule has 0 radical (unpaired) electrons. The molecule has 0 saturated heterocycles. The molecule has 3 nitrogen and oxygen atoms in total. The number of amides is 1. The molecule has 0 aliphatic heterocycles. The summed E-state index contributed by atoms with van der Waals surface area (Å²) in [5, 5.41) is 2.80. The van der Waals surface area contributed by atoms with Crippen LogP contribution in [0.15, 0.2) is 46.9 Å². The van der Waals surface area contributed by atoms with Gasteiger partial charge in [-0.3, -0.25) is 4.79 Å². The summed E-state index contributed by atoms with van der Waals surface area (Å²) in [5.41, 5.74) is 7.05.